The van der Waals surface area contributed by atoms with Crippen LogP contribution in [0.25, 0.3) is 0 Å². The van der Waals surface area contributed by atoms with Gasteiger partial charge in [-0.05, 0) is 56.5 Å². The molecule has 5 rings (SSSR count). The number of piperidine rings is 1. The minimum atomic E-state index is -0.202. The van der Waals surface area contributed by atoms with Gasteiger partial charge in [-0.1, -0.05) is 0 Å². The summed E-state index contributed by atoms with van der Waals surface area (Å²) >= 11 is 0. The van der Waals surface area contributed by atoms with E-state index in [1.165, 1.54) is 6.07 Å². The molecular weight excluding hydrogens is 375 g/mol. The Balaban J connectivity index is 1.14. The molecule has 1 spiro atoms. The van der Waals surface area contributed by atoms with Crippen LogP contribution in [0.15, 0.2) is 18.2 Å². The molecule has 4 aliphatic heterocycles. The number of benzene rings is 1. The van der Waals surface area contributed by atoms with Gasteiger partial charge in [0.25, 0.3) is 0 Å². The molecule has 0 N–H and O–H groups in total. The quantitative estimate of drug-likeness (QED) is 0.769. The Bertz CT molecular complexity index is 770. The standard InChI is InChI=1S/C22H29FN2O4/c1-27-20-3-2-17(23)8-19(20)15-4-6-24(7-5-15)18-9-22(29-12-18)13-25(14-22)21(26)16-10-28-11-16/h2-3,8,15-16,18H,4-7,9-14H2,1H3/t18-/m0/s1. The lowest BCUT2D eigenvalue weighted by atomic mass is 9.85. The third kappa shape index (κ3) is 3.53. The van der Waals surface area contributed by atoms with Crippen molar-refractivity contribution in [3.8, 4) is 5.75 Å². The van der Waals surface area contributed by atoms with Crippen LogP contribution in [0.5, 0.6) is 5.75 Å². The lowest BCUT2D eigenvalue weighted by Gasteiger charge is -2.49. The summed E-state index contributed by atoms with van der Waals surface area (Å²) in [7, 11) is 1.64. The highest BCUT2D eigenvalue weighted by Crippen LogP contribution is 2.40. The molecular formula is C22H29FN2O4. The highest BCUT2D eigenvalue weighted by atomic mass is 19.1. The lowest BCUT2D eigenvalue weighted by molar-refractivity contribution is -0.173. The number of methoxy groups -OCH3 is 1. The first-order chi connectivity index (χ1) is 14.1. The highest BCUT2D eigenvalue weighted by Gasteiger charge is 2.53. The first-order valence-corrected chi connectivity index (χ1v) is 10.6. The molecule has 0 radical (unpaired) electrons. The zero-order chi connectivity index (χ0) is 20.0. The van der Waals surface area contributed by atoms with Crippen molar-refractivity contribution in [3.05, 3.63) is 29.6 Å². The van der Waals surface area contributed by atoms with E-state index in [9.17, 15) is 9.18 Å². The topological polar surface area (TPSA) is 51.2 Å². The summed E-state index contributed by atoms with van der Waals surface area (Å²) in [4.78, 5) is 16.8. The number of carbonyl (C=O) groups is 1. The monoisotopic (exact) mass is 404 g/mol. The van der Waals surface area contributed by atoms with Crippen LogP contribution in [0.4, 0.5) is 4.39 Å². The lowest BCUT2D eigenvalue weighted by Crippen LogP contribution is -2.65. The fraction of sp³-hybridized carbons (Fsp3) is 0.682. The maximum absolute atomic E-state index is 13.7. The first-order valence-electron chi connectivity index (χ1n) is 10.6. The van der Waals surface area contributed by atoms with Gasteiger partial charge in [-0.15, -0.1) is 0 Å². The summed E-state index contributed by atoms with van der Waals surface area (Å²) in [6, 6.07) is 5.22. The van der Waals surface area contributed by atoms with E-state index < -0.39 is 0 Å². The zero-order valence-electron chi connectivity index (χ0n) is 16.9. The van der Waals surface area contributed by atoms with Crippen LogP contribution in [0.1, 0.15) is 30.7 Å². The second-order valence-corrected chi connectivity index (χ2v) is 8.98. The number of hydrogen-bond acceptors (Lipinski definition) is 5. The molecule has 1 aromatic carbocycles. The van der Waals surface area contributed by atoms with E-state index in [1.807, 2.05) is 4.90 Å². The van der Waals surface area contributed by atoms with Crippen LogP contribution >= 0.6 is 0 Å². The summed E-state index contributed by atoms with van der Waals surface area (Å²) in [6.07, 6.45) is 2.98. The first kappa shape index (κ1) is 19.3. The predicted octanol–water partition coefficient (Wildman–Crippen LogP) is 2.03. The Morgan fingerprint density at radius 3 is 2.62 bits per heavy atom. The van der Waals surface area contributed by atoms with Crippen molar-refractivity contribution < 1.29 is 23.4 Å². The van der Waals surface area contributed by atoms with Crippen molar-refractivity contribution in [1.82, 2.24) is 9.80 Å². The van der Waals surface area contributed by atoms with Gasteiger partial charge in [-0.3, -0.25) is 9.69 Å². The molecule has 4 saturated heterocycles. The van der Waals surface area contributed by atoms with Crippen LogP contribution in [0, 0.1) is 11.7 Å². The third-order valence-electron chi connectivity index (χ3n) is 7.12. The second-order valence-electron chi connectivity index (χ2n) is 8.98. The molecule has 0 unspecified atom stereocenters. The number of carbonyl (C=O) groups excluding carboxylic acids is 1. The fourth-order valence-corrected chi connectivity index (χ4v) is 5.32. The van der Waals surface area contributed by atoms with Gasteiger partial charge in [0.15, 0.2) is 0 Å². The molecule has 29 heavy (non-hydrogen) atoms. The Morgan fingerprint density at radius 2 is 1.97 bits per heavy atom. The molecule has 1 atom stereocenters. The van der Waals surface area contributed by atoms with Crippen LogP contribution in [-0.4, -0.2) is 80.5 Å². The minimum Gasteiger partial charge on any atom is -0.496 e. The van der Waals surface area contributed by atoms with E-state index >= 15 is 0 Å². The van der Waals surface area contributed by atoms with E-state index in [-0.39, 0.29) is 23.2 Å². The molecule has 158 valence electrons. The van der Waals surface area contributed by atoms with Crippen molar-refractivity contribution in [2.45, 2.75) is 36.8 Å². The summed E-state index contributed by atoms with van der Waals surface area (Å²) in [5.41, 5.74) is 0.840. The van der Waals surface area contributed by atoms with Crippen LogP contribution < -0.4 is 4.74 Å². The summed E-state index contributed by atoms with van der Waals surface area (Å²) in [5.74, 6) is 1.19. The van der Waals surface area contributed by atoms with Gasteiger partial charge in [-0.25, -0.2) is 4.39 Å². The van der Waals surface area contributed by atoms with Crippen LogP contribution in [0.2, 0.25) is 0 Å². The molecule has 4 aliphatic rings. The number of ether oxygens (including phenoxy) is 3. The van der Waals surface area contributed by atoms with Gasteiger partial charge in [0, 0.05) is 11.6 Å². The van der Waals surface area contributed by atoms with E-state index in [2.05, 4.69) is 4.90 Å². The molecule has 0 aromatic heterocycles. The number of rotatable bonds is 4. The number of hydrogen-bond donors (Lipinski definition) is 0. The highest BCUT2D eigenvalue weighted by molar-refractivity contribution is 5.81. The van der Waals surface area contributed by atoms with Crippen molar-refractivity contribution in [1.29, 1.82) is 0 Å². The van der Waals surface area contributed by atoms with E-state index in [0.29, 0.717) is 25.2 Å². The third-order valence-corrected chi connectivity index (χ3v) is 7.12. The Kier molecular flexibility index (Phi) is 5.00. The van der Waals surface area contributed by atoms with Crippen molar-refractivity contribution in [3.63, 3.8) is 0 Å². The summed E-state index contributed by atoms with van der Waals surface area (Å²) in [5, 5.41) is 0. The molecule has 0 saturated carbocycles. The smallest absolute Gasteiger partial charge is 0.230 e. The van der Waals surface area contributed by atoms with Gasteiger partial charge >= 0.3 is 0 Å². The van der Waals surface area contributed by atoms with E-state index in [1.54, 1.807) is 19.2 Å². The maximum atomic E-state index is 13.7. The Morgan fingerprint density at radius 1 is 1.21 bits per heavy atom. The van der Waals surface area contributed by atoms with E-state index in [0.717, 1.165) is 63.4 Å². The number of halogens is 1. The van der Waals surface area contributed by atoms with Crippen molar-refractivity contribution >= 4 is 5.91 Å². The maximum Gasteiger partial charge on any atom is 0.230 e. The number of likely N-dealkylation sites (tertiary alicyclic amines) is 2. The summed E-state index contributed by atoms with van der Waals surface area (Å²) < 4.78 is 30.5. The minimum absolute atomic E-state index is 0.0587. The average molecular weight is 404 g/mol. The molecule has 1 aromatic rings. The second kappa shape index (κ2) is 7.52. The normalized spacial score (nSPS) is 27.7. The van der Waals surface area contributed by atoms with Crippen LogP contribution in [-0.2, 0) is 14.3 Å². The van der Waals surface area contributed by atoms with Gasteiger partial charge in [0.1, 0.15) is 17.2 Å². The predicted molar refractivity (Wildman–Crippen MR) is 104 cm³/mol. The molecule has 0 bridgehead atoms. The van der Waals surface area contributed by atoms with Gasteiger partial charge < -0.3 is 19.1 Å². The van der Waals surface area contributed by atoms with Crippen molar-refractivity contribution in [2.24, 2.45) is 5.92 Å². The fourth-order valence-electron chi connectivity index (χ4n) is 5.32. The van der Waals surface area contributed by atoms with Gasteiger partial charge in [0.2, 0.25) is 5.91 Å². The Hall–Kier alpha value is -1.70. The SMILES string of the molecule is COc1ccc(F)cc1C1CCN([C@@H]2COC3(C2)CN(C(=O)C2COC2)C3)CC1. The molecule has 4 heterocycles. The average Bonchev–Trinajstić information content (AvgIpc) is 3.11. The number of nitrogens with zero attached hydrogens (tertiary/aromatic N) is 2. The molecule has 4 fully saturated rings. The van der Waals surface area contributed by atoms with Gasteiger partial charge in [0.05, 0.1) is 45.9 Å². The Labute approximate surface area is 170 Å². The molecule has 6 nitrogen and oxygen atoms in total. The molecule has 1 amide bonds. The van der Waals surface area contributed by atoms with E-state index in [4.69, 9.17) is 14.2 Å². The van der Waals surface area contributed by atoms with Crippen LogP contribution in [0.3, 0.4) is 0 Å². The molecule has 7 heteroatoms. The largest absolute Gasteiger partial charge is 0.496 e. The van der Waals surface area contributed by atoms with Gasteiger partial charge in [-0.2, -0.15) is 0 Å². The van der Waals surface area contributed by atoms with Crippen molar-refractivity contribution in [2.75, 3.05) is 53.1 Å². The summed E-state index contributed by atoms with van der Waals surface area (Å²) in [6.45, 7) is 5.27. The molecule has 0 aliphatic carbocycles. The zero-order valence-corrected chi connectivity index (χ0v) is 16.9. The number of amides is 1.